The lowest BCUT2D eigenvalue weighted by atomic mass is 10.1. The summed E-state index contributed by atoms with van der Waals surface area (Å²) < 4.78 is 10.8. The summed E-state index contributed by atoms with van der Waals surface area (Å²) in [5.74, 6) is 6.56. The zero-order valence-corrected chi connectivity index (χ0v) is 12.8. The van der Waals surface area contributed by atoms with Gasteiger partial charge in [-0.3, -0.25) is 4.79 Å². The van der Waals surface area contributed by atoms with Gasteiger partial charge in [0, 0.05) is 19.7 Å². The lowest BCUT2D eigenvalue weighted by Crippen LogP contribution is -2.43. The van der Waals surface area contributed by atoms with E-state index in [1.807, 2.05) is 26.0 Å². The second-order valence-electron chi connectivity index (χ2n) is 5.46. The quantitative estimate of drug-likeness (QED) is 0.787. The van der Waals surface area contributed by atoms with E-state index in [2.05, 4.69) is 11.8 Å². The van der Waals surface area contributed by atoms with Crippen LogP contribution < -0.4 is 15.4 Å². The zero-order valence-electron chi connectivity index (χ0n) is 12.8. The molecule has 0 unspecified atom stereocenters. The van der Waals surface area contributed by atoms with E-state index in [1.165, 1.54) is 4.90 Å². The Kier molecular flexibility index (Phi) is 4.21. The van der Waals surface area contributed by atoms with Gasteiger partial charge in [-0.25, -0.2) is 0 Å². The minimum Gasteiger partial charge on any atom is -0.489 e. The second-order valence-corrected chi connectivity index (χ2v) is 5.46. The van der Waals surface area contributed by atoms with Crippen molar-refractivity contribution in [2.75, 3.05) is 25.7 Å². The minimum absolute atomic E-state index is 0.170. The number of nitrogens with zero attached hydrogens (tertiary/aromatic N) is 1. The molecule has 5 nitrogen and oxygen atoms in total. The Bertz CT molecular complexity index is 614. The van der Waals surface area contributed by atoms with Crippen molar-refractivity contribution in [3.63, 3.8) is 0 Å². The average Bonchev–Trinajstić information content (AvgIpc) is 2.58. The molecule has 0 radical (unpaired) electrons. The van der Waals surface area contributed by atoms with E-state index in [9.17, 15) is 4.79 Å². The van der Waals surface area contributed by atoms with Crippen molar-refractivity contribution in [1.82, 2.24) is 0 Å². The van der Waals surface area contributed by atoms with Crippen LogP contribution in [-0.2, 0) is 9.53 Å². The molecule has 1 aromatic carbocycles. The van der Waals surface area contributed by atoms with Crippen LogP contribution >= 0.6 is 0 Å². The lowest BCUT2D eigenvalue weighted by molar-refractivity contribution is -0.119. The van der Waals surface area contributed by atoms with E-state index < -0.39 is 11.6 Å². The molecule has 0 saturated heterocycles. The molecule has 0 aromatic heterocycles. The lowest BCUT2D eigenvalue weighted by Gasteiger charge is -2.18. The van der Waals surface area contributed by atoms with Crippen LogP contribution in [0.4, 0.5) is 5.69 Å². The maximum absolute atomic E-state index is 12.0. The molecule has 2 N–H and O–H groups in total. The van der Waals surface area contributed by atoms with Crippen LogP contribution in [0.1, 0.15) is 19.4 Å². The summed E-state index contributed by atoms with van der Waals surface area (Å²) >= 11 is 0. The number of ether oxygens (including phenoxy) is 2. The zero-order chi connectivity index (χ0) is 15.6. The highest BCUT2D eigenvalue weighted by atomic mass is 16.5. The van der Waals surface area contributed by atoms with Gasteiger partial charge < -0.3 is 20.1 Å². The Balaban J connectivity index is 2.37. The number of hydrogen-bond acceptors (Lipinski definition) is 4. The normalized spacial score (nSPS) is 18.2. The van der Waals surface area contributed by atoms with E-state index in [1.54, 1.807) is 20.2 Å². The first-order chi connectivity index (χ1) is 9.84. The van der Waals surface area contributed by atoms with Crippen LogP contribution in [0.3, 0.4) is 0 Å². The number of benzene rings is 1. The van der Waals surface area contributed by atoms with Crippen molar-refractivity contribution in [2.24, 2.45) is 5.73 Å². The number of rotatable bonds is 1. The molecule has 1 aromatic rings. The maximum atomic E-state index is 12.0. The van der Waals surface area contributed by atoms with Crippen LogP contribution in [0.2, 0.25) is 0 Å². The van der Waals surface area contributed by atoms with E-state index in [-0.39, 0.29) is 12.5 Å². The van der Waals surface area contributed by atoms with Crippen molar-refractivity contribution in [3.8, 4) is 17.6 Å². The van der Waals surface area contributed by atoms with Crippen molar-refractivity contribution >= 4 is 11.6 Å². The number of amides is 1. The fraction of sp³-hybridized carbons (Fsp3) is 0.438. The van der Waals surface area contributed by atoms with Crippen molar-refractivity contribution in [1.29, 1.82) is 0 Å². The Morgan fingerprint density at radius 3 is 2.86 bits per heavy atom. The molecule has 0 spiro atoms. The van der Waals surface area contributed by atoms with Crippen LogP contribution in [-0.4, -0.2) is 38.3 Å². The van der Waals surface area contributed by atoms with Gasteiger partial charge >= 0.3 is 0 Å². The molecule has 21 heavy (non-hydrogen) atoms. The summed E-state index contributed by atoms with van der Waals surface area (Å²) in [5, 5.41) is 0. The number of fused-ring (bicyclic) bond motifs is 1. The molecule has 1 aliphatic rings. The molecule has 112 valence electrons. The smallest absolute Gasteiger partial charge is 0.247 e. The number of nitrogens with two attached hydrogens (primary N) is 1. The van der Waals surface area contributed by atoms with Gasteiger partial charge in [-0.05, 0) is 32.0 Å². The third-order valence-corrected chi connectivity index (χ3v) is 3.40. The third-order valence-electron chi connectivity index (χ3n) is 3.40. The van der Waals surface area contributed by atoms with Crippen LogP contribution in [0.25, 0.3) is 0 Å². The Hall–Kier alpha value is -2.03. The standard InChI is InChI=1S/C16H20N2O3/c1-16(2,20-4)8-7-11-5-6-14-13(9-11)18(3)15(19)12(17)10-21-14/h5-6,9,12H,10,17H2,1-4H3/t12-/m0/s1. The topological polar surface area (TPSA) is 64.8 Å². The third kappa shape index (κ3) is 3.35. The highest BCUT2D eigenvalue weighted by molar-refractivity contribution is 5.98. The number of likely N-dealkylation sites (N-methyl/N-ethyl adjacent to an activating group) is 1. The van der Waals surface area contributed by atoms with Crippen LogP contribution in [0.15, 0.2) is 18.2 Å². The summed E-state index contributed by atoms with van der Waals surface area (Å²) in [4.78, 5) is 13.6. The number of carbonyl (C=O) groups is 1. The molecular weight excluding hydrogens is 268 g/mol. The number of anilines is 1. The van der Waals surface area contributed by atoms with Gasteiger partial charge in [-0.1, -0.05) is 11.8 Å². The van der Waals surface area contributed by atoms with Gasteiger partial charge in [0.05, 0.1) is 5.69 Å². The molecule has 0 saturated carbocycles. The van der Waals surface area contributed by atoms with Gasteiger partial charge in [0.1, 0.15) is 24.0 Å². The molecule has 0 bridgehead atoms. The van der Waals surface area contributed by atoms with Crippen molar-refractivity contribution in [2.45, 2.75) is 25.5 Å². The number of methoxy groups -OCH3 is 1. The van der Waals surface area contributed by atoms with Crippen LogP contribution in [0.5, 0.6) is 5.75 Å². The molecule has 1 heterocycles. The average molecular weight is 288 g/mol. The molecular formula is C16H20N2O3. The summed E-state index contributed by atoms with van der Waals surface area (Å²) in [6.07, 6.45) is 0. The summed E-state index contributed by atoms with van der Waals surface area (Å²) in [6.45, 7) is 3.96. The molecule has 5 heteroatoms. The highest BCUT2D eigenvalue weighted by Crippen LogP contribution is 2.31. The monoisotopic (exact) mass is 288 g/mol. The fourth-order valence-corrected chi connectivity index (χ4v) is 1.87. The van der Waals surface area contributed by atoms with Gasteiger partial charge in [0.15, 0.2) is 0 Å². The fourth-order valence-electron chi connectivity index (χ4n) is 1.87. The number of hydrogen-bond donors (Lipinski definition) is 1. The predicted molar refractivity (Wildman–Crippen MR) is 81.3 cm³/mol. The summed E-state index contributed by atoms with van der Waals surface area (Å²) in [6, 6.07) is 4.84. The first-order valence-electron chi connectivity index (χ1n) is 6.72. The Morgan fingerprint density at radius 2 is 2.19 bits per heavy atom. The SMILES string of the molecule is COC(C)(C)C#Cc1ccc2c(c1)N(C)C(=O)[C@@H](N)CO2. The maximum Gasteiger partial charge on any atom is 0.247 e. The molecule has 0 fully saturated rings. The van der Waals surface area contributed by atoms with E-state index >= 15 is 0 Å². The molecule has 0 aliphatic carbocycles. The molecule has 1 atom stereocenters. The molecule has 1 amide bonds. The highest BCUT2D eigenvalue weighted by Gasteiger charge is 2.26. The van der Waals surface area contributed by atoms with Gasteiger partial charge in [-0.2, -0.15) is 0 Å². The first kappa shape index (κ1) is 15.4. The van der Waals surface area contributed by atoms with Crippen molar-refractivity contribution < 1.29 is 14.3 Å². The molecule has 2 rings (SSSR count). The largest absolute Gasteiger partial charge is 0.489 e. The first-order valence-corrected chi connectivity index (χ1v) is 6.72. The van der Waals surface area contributed by atoms with Crippen molar-refractivity contribution in [3.05, 3.63) is 23.8 Å². The van der Waals surface area contributed by atoms with E-state index in [0.29, 0.717) is 11.4 Å². The Labute approximate surface area is 125 Å². The van der Waals surface area contributed by atoms with Gasteiger partial charge in [-0.15, -0.1) is 0 Å². The predicted octanol–water partition coefficient (Wildman–Crippen LogP) is 1.15. The molecule has 1 aliphatic heterocycles. The van der Waals surface area contributed by atoms with Crippen LogP contribution in [0, 0.1) is 11.8 Å². The van der Waals surface area contributed by atoms with Gasteiger partial charge in [0.25, 0.3) is 0 Å². The summed E-state index contributed by atoms with van der Waals surface area (Å²) in [5.41, 5.74) is 6.70. The Morgan fingerprint density at radius 1 is 1.48 bits per heavy atom. The van der Waals surface area contributed by atoms with E-state index in [4.69, 9.17) is 15.2 Å². The van der Waals surface area contributed by atoms with E-state index in [0.717, 1.165) is 5.56 Å². The van der Waals surface area contributed by atoms with Gasteiger partial charge in [0.2, 0.25) is 5.91 Å². The second kappa shape index (κ2) is 5.76. The minimum atomic E-state index is -0.649. The number of carbonyl (C=O) groups excluding carboxylic acids is 1. The summed E-state index contributed by atoms with van der Waals surface area (Å²) in [7, 11) is 3.30.